The Labute approximate surface area is 110 Å². The van der Waals surface area contributed by atoms with Crippen LogP contribution in [0.25, 0.3) is 0 Å². The van der Waals surface area contributed by atoms with E-state index < -0.39 is 0 Å². The molecule has 2 nitrogen and oxygen atoms in total. The maximum Gasteiger partial charge on any atom is 0.0931 e. The predicted octanol–water partition coefficient (Wildman–Crippen LogP) is 3.83. The second kappa shape index (κ2) is 4.59. The minimum Gasteiger partial charge on any atom is -0.382 e. The van der Waals surface area contributed by atoms with E-state index in [0.29, 0.717) is 0 Å². The van der Waals surface area contributed by atoms with E-state index in [2.05, 4.69) is 40.5 Å². The second-order valence-electron chi connectivity index (χ2n) is 4.07. The molecule has 1 aromatic carbocycles. The van der Waals surface area contributed by atoms with Crippen LogP contribution in [-0.2, 0) is 6.54 Å². The van der Waals surface area contributed by atoms with Crippen LogP contribution in [0.5, 0.6) is 0 Å². The summed E-state index contributed by atoms with van der Waals surface area (Å²) in [5.41, 5.74) is 2.50. The van der Waals surface area contributed by atoms with E-state index in [-0.39, 0.29) is 0 Å². The summed E-state index contributed by atoms with van der Waals surface area (Å²) in [6.45, 7) is 2.97. The summed E-state index contributed by atoms with van der Waals surface area (Å²) in [6, 6.07) is 12.5. The molecular formula is C13H13ClN2S. The molecule has 1 aliphatic rings. The van der Waals surface area contributed by atoms with Crippen molar-refractivity contribution in [1.82, 2.24) is 0 Å². The van der Waals surface area contributed by atoms with Crippen LogP contribution in [0.2, 0.25) is 4.34 Å². The van der Waals surface area contributed by atoms with Gasteiger partial charge >= 0.3 is 0 Å². The topological polar surface area (TPSA) is 15.3 Å². The van der Waals surface area contributed by atoms with Gasteiger partial charge < -0.3 is 10.2 Å². The van der Waals surface area contributed by atoms with Crippen LogP contribution in [0, 0.1) is 0 Å². The average Bonchev–Trinajstić information content (AvgIpc) is 2.75. The van der Waals surface area contributed by atoms with Crippen molar-refractivity contribution in [3.05, 3.63) is 45.6 Å². The Morgan fingerprint density at radius 2 is 2.12 bits per heavy atom. The van der Waals surface area contributed by atoms with Gasteiger partial charge in [0.25, 0.3) is 0 Å². The van der Waals surface area contributed by atoms with Gasteiger partial charge in [-0.15, -0.1) is 11.3 Å². The molecule has 0 bridgehead atoms. The molecule has 2 aromatic rings. The minimum atomic E-state index is 0.864. The summed E-state index contributed by atoms with van der Waals surface area (Å²) in [6.07, 6.45) is 0. The fourth-order valence-corrected chi connectivity index (χ4v) is 3.24. The Morgan fingerprint density at radius 3 is 2.94 bits per heavy atom. The summed E-state index contributed by atoms with van der Waals surface area (Å²) < 4.78 is 0.864. The van der Waals surface area contributed by atoms with Crippen LogP contribution in [0.1, 0.15) is 4.88 Å². The summed E-state index contributed by atoms with van der Waals surface area (Å²) in [5.74, 6) is 0. The molecule has 1 aromatic heterocycles. The highest BCUT2D eigenvalue weighted by atomic mass is 35.5. The molecule has 4 heteroatoms. The van der Waals surface area contributed by atoms with Crippen LogP contribution in [0.15, 0.2) is 36.4 Å². The smallest absolute Gasteiger partial charge is 0.0931 e. The summed E-state index contributed by atoms with van der Waals surface area (Å²) in [5, 5.41) is 3.42. The maximum absolute atomic E-state index is 5.97. The predicted molar refractivity (Wildman–Crippen MR) is 75.3 cm³/mol. The lowest BCUT2D eigenvalue weighted by atomic mass is 10.2. The van der Waals surface area contributed by atoms with Crippen molar-refractivity contribution in [2.45, 2.75) is 6.54 Å². The van der Waals surface area contributed by atoms with Crippen LogP contribution in [0.4, 0.5) is 11.4 Å². The van der Waals surface area contributed by atoms with E-state index in [1.807, 2.05) is 6.07 Å². The van der Waals surface area contributed by atoms with Gasteiger partial charge in [-0.1, -0.05) is 23.7 Å². The molecule has 0 atom stereocenters. The van der Waals surface area contributed by atoms with Gasteiger partial charge in [0.1, 0.15) is 0 Å². The Balaban J connectivity index is 1.85. The molecule has 3 rings (SSSR count). The first-order valence-corrected chi connectivity index (χ1v) is 6.84. The molecule has 0 unspecified atom stereocenters. The van der Waals surface area contributed by atoms with Gasteiger partial charge in [0, 0.05) is 18.0 Å². The summed E-state index contributed by atoms with van der Waals surface area (Å²) in [4.78, 5) is 3.71. The van der Waals surface area contributed by atoms with Gasteiger partial charge in [0.2, 0.25) is 0 Å². The van der Waals surface area contributed by atoms with E-state index in [0.717, 1.165) is 24.0 Å². The van der Waals surface area contributed by atoms with Crippen LogP contribution >= 0.6 is 22.9 Å². The molecule has 0 spiro atoms. The molecule has 0 saturated heterocycles. The zero-order valence-corrected chi connectivity index (χ0v) is 10.9. The van der Waals surface area contributed by atoms with Gasteiger partial charge in [-0.25, -0.2) is 0 Å². The molecule has 88 valence electrons. The number of thiophene rings is 1. The Kier molecular flexibility index (Phi) is 2.95. The number of anilines is 2. The minimum absolute atomic E-state index is 0.864. The molecule has 0 saturated carbocycles. The van der Waals surface area contributed by atoms with Crippen molar-refractivity contribution < 1.29 is 0 Å². The monoisotopic (exact) mass is 264 g/mol. The third kappa shape index (κ3) is 2.26. The number of benzene rings is 1. The van der Waals surface area contributed by atoms with Crippen molar-refractivity contribution in [1.29, 1.82) is 0 Å². The summed E-state index contributed by atoms with van der Waals surface area (Å²) >= 11 is 7.63. The fraction of sp³-hybridized carbons (Fsp3) is 0.231. The van der Waals surface area contributed by atoms with E-state index in [1.54, 1.807) is 11.3 Å². The Bertz CT molecular complexity index is 524. The highest BCUT2D eigenvalue weighted by Gasteiger charge is 2.16. The van der Waals surface area contributed by atoms with Crippen LogP contribution in [-0.4, -0.2) is 13.1 Å². The number of rotatable bonds is 2. The molecule has 17 heavy (non-hydrogen) atoms. The molecule has 0 amide bonds. The molecular weight excluding hydrogens is 252 g/mol. The van der Waals surface area contributed by atoms with Crippen LogP contribution in [0.3, 0.4) is 0 Å². The van der Waals surface area contributed by atoms with Gasteiger partial charge in [0.05, 0.1) is 22.3 Å². The van der Waals surface area contributed by atoms with E-state index >= 15 is 0 Å². The van der Waals surface area contributed by atoms with E-state index in [9.17, 15) is 0 Å². The lowest BCUT2D eigenvalue weighted by Crippen LogP contribution is -2.33. The Hall–Kier alpha value is -1.19. The number of para-hydroxylation sites is 2. The largest absolute Gasteiger partial charge is 0.382 e. The standard InChI is InChI=1S/C13H13ClN2S/c14-13-6-5-10(17-13)9-16-8-7-15-11-3-1-2-4-12(11)16/h1-6,15H,7-9H2. The van der Waals surface area contributed by atoms with Crippen molar-refractivity contribution in [3.8, 4) is 0 Å². The van der Waals surface area contributed by atoms with Gasteiger partial charge in [-0.2, -0.15) is 0 Å². The number of nitrogens with zero attached hydrogens (tertiary/aromatic N) is 1. The van der Waals surface area contributed by atoms with Gasteiger partial charge in [0.15, 0.2) is 0 Å². The normalized spacial score (nSPS) is 14.3. The van der Waals surface area contributed by atoms with Crippen LogP contribution < -0.4 is 10.2 Å². The Morgan fingerprint density at radius 1 is 1.24 bits per heavy atom. The zero-order chi connectivity index (χ0) is 11.7. The number of hydrogen-bond acceptors (Lipinski definition) is 3. The van der Waals surface area contributed by atoms with E-state index in [1.165, 1.54) is 16.3 Å². The first-order chi connectivity index (χ1) is 8.33. The third-order valence-electron chi connectivity index (χ3n) is 2.92. The van der Waals surface area contributed by atoms with Gasteiger partial charge in [-0.3, -0.25) is 0 Å². The fourth-order valence-electron chi connectivity index (χ4n) is 2.13. The third-order valence-corrected chi connectivity index (χ3v) is 4.13. The molecule has 0 aliphatic carbocycles. The first kappa shape index (κ1) is 10.9. The molecule has 1 N–H and O–H groups in total. The highest BCUT2D eigenvalue weighted by Crippen LogP contribution is 2.31. The zero-order valence-electron chi connectivity index (χ0n) is 9.32. The highest BCUT2D eigenvalue weighted by molar-refractivity contribution is 7.16. The van der Waals surface area contributed by atoms with Crippen molar-refractivity contribution in [2.75, 3.05) is 23.3 Å². The molecule has 2 heterocycles. The van der Waals surface area contributed by atoms with Crippen molar-refractivity contribution >= 4 is 34.3 Å². The number of halogens is 1. The second-order valence-corrected chi connectivity index (χ2v) is 5.87. The van der Waals surface area contributed by atoms with Crippen molar-refractivity contribution in [3.63, 3.8) is 0 Å². The van der Waals surface area contributed by atoms with Crippen molar-refractivity contribution in [2.24, 2.45) is 0 Å². The number of fused-ring (bicyclic) bond motifs is 1. The summed E-state index contributed by atoms with van der Waals surface area (Å²) in [7, 11) is 0. The number of hydrogen-bond donors (Lipinski definition) is 1. The lowest BCUT2D eigenvalue weighted by molar-refractivity contribution is 0.795. The SMILES string of the molecule is Clc1ccc(CN2CCNc3ccccc32)s1. The maximum atomic E-state index is 5.97. The first-order valence-electron chi connectivity index (χ1n) is 5.65. The molecule has 0 fully saturated rings. The quantitative estimate of drug-likeness (QED) is 0.887. The van der Waals surface area contributed by atoms with E-state index in [4.69, 9.17) is 11.6 Å². The number of nitrogens with one attached hydrogen (secondary N) is 1. The molecule has 1 aliphatic heterocycles. The lowest BCUT2D eigenvalue weighted by Gasteiger charge is -2.31. The van der Waals surface area contributed by atoms with Gasteiger partial charge in [-0.05, 0) is 24.3 Å². The molecule has 0 radical (unpaired) electrons. The average molecular weight is 265 g/mol.